The van der Waals surface area contributed by atoms with Crippen LogP contribution in [0, 0.1) is 5.92 Å². The van der Waals surface area contributed by atoms with Crippen LogP contribution in [0.3, 0.4) is 0 Å². The van der Waals surface area contributed by atoms with Gasteiger partial charge in [-0.1, -0.05) is 0 Å². The van der Waals surface area contributed by atoms with Crippen molar-refractivity contribution in [2.45, 2.75) is 23.7 Å². The molecule has 1 unspecified atom stereocenters. The van der Waals surface area contributed by atoms with E-state index in [0.29, 0.717) is 23.8 Å². The molecule has 1 atom stereocenters. The lowest BCUT2D eigenvalue weighted by atomic mass is 10.0. The molecule has 0 radical (unpaired) electrons. The van der Waals surface area contributed by atoms with Crippen LogP contribution in [-0.2, 0) is 14.8 Å². The topological polar surface area (TPSA) is 98.5 Å². The Balaban J connectivity index is 1.82. The lowest BCUT2D eigenvalue weighted by Gasteiger charge is -2.10. The maximum absolute atomic E-state index is 12.1. The van der Waals surface area contributed by atoms with Crippen molar-refractivity contribution in [1.82, 2.24) is 5.32 Å². The molecule has 6 nitrogen and oxygen atoms in total. The third-order valence-corrected chi connectivity index (χ3v) is 4.58. The normalized spacial score (nSPS) is 21.1. The molecule has 1 aliphatic heterocycles. The molecule has 1 amide bonds. The number of carbonyl (C=O) groups excluding carboxylic acids is 1. The largest absolute Gasteiger partial charge is 0.492 e. The second-order valence-corrected chi connectivity index (χ2v) is 6.86. The molecule has 0 spiro atoms. The molecule has 0 bridgehead atoms. The molecule has 1 aliphatic carbocycles. The number of hydrogen-bond acceptors (Lipinski definition) is 4. The number of hydrogen-bond donors (Lipinski definition) is 2. The highest BCUT2D eigenvalue weighted by Gasteiger charge is 2.32. The van der Waals surface area contributed by atoms with E-state index in [-0.39, 0.29) is 17.4 Å². The smallest absolute Gasteiger partial charge is 0.238 e. The van der Waals surface area contributed by atoms with Gasteiger partial charge in [0.2, 0.25) is 15.9 Å². The summed E-state index contributed by atoms with van der Waals surface area (Å²) in [6, 6.07) is 4.36. The van der Waals surface area contributed by atoms with Gasteiger partial charge in [-0.25, -0.2) is 13.6 Å². The summed E-state index contributed by atoms with van der Waals surface area (Å²) in [4.78, 5) is 12.1. The third-order valence-electron chi connectivity index (χ3n) is 3.67. The Kier molecular flexibility index (Phi) is 3.18. The second-order valence-electron chi connectivity index (χ2n) is 5.30. The Morgan fingerprint density at radius 1 is 1.40 bits per heavy atom. The number of nitrogens with one attached hydrogen (secondary N) is 1. The van der Waals surface area contributed by atoms with Crippen molar-refractivity contribution < 1.29 is 17.9 Å². The van der Waals surface area contributed by atoms with Crippen molar-refractivity contribution in [2.75, 3.05) is 13.2 Å². The van der Waals surface area contributed by atoms with E-state index in [0.717, 1.165) is 12.8 Å². The molecular formula is C13H16N2O4S. The Morgan fingerprint density at radius 3 is 2.80 bits per heavy atom. The zero-order chi connectivity index (χ0) is 14.3. The number of rotatable bonds is 4. The van der Waals surface area contributed by atoms with Crippen LogP contribution >= 0.6 is 0 Å². The highest BCUT2D eigenvalue weighted by Crippen LogP contribution is 2.35. The SMILES string of the molecule is NS(=O)(=O)c1ccc2c(c1)C(C(=O)NCC1CC1)CO2. The number of benzene rings is 1. The number of fused-ring (bicyclic) bond motifs is 1. The van der Waals surface area contributed by atoms with Gasteiger partial charge in [0, 0.05) is 12.1 Å². The maximum Gasteiger partial charge on any atom is 0.238 e. The van der Waals surface area contributed by atoms with E-state index in [2.05, 4.69) is 5.32 Å². The average Bonchev–Trinajstić information content (AvgIpc) is 3.12. The standard InChI is InChI=1S/C13H16N2O4S/c14-20(17,18)9-3-4-12-10(5-9)11(7-19-12)13(16)15-6-8-1-2-8/h3-5,8,11H,1-2,6-7H2,(H,15,16)(H2,14,17,18). The Hall–Kier alpha value is -1.60. The molecule has 3 rings (SSSR count). The van der Waals surface area contributed by atoms with Crippen molar-refractivity contribution in [1.29, 1.82) is 0 Å². The van der Waals surface area contributed by atoms with Crippen molar-refractivity contribution in [3.63, 3.8) is 0 Å². The summed E-state index contributed by atoms with van der Waals surface area (Å²) in [5.41, 5.74) is 0.588. The van der Waals surface area contributed by atoms with Gasteiger partial charge in [0.1, 0.15) is 18.3 Å². The van der Waals surface area contributed by atoms with Gasteiger partial charge >= 0.3 is 0 Å². The van der Waals surface area contributed by atoms with Crippen LogP contribution in [0.2, 0.25) is 0 Å². The molecule has 2 aliphatic rings. The van der Waals surface area contributed by atoms with Gasteiger partial charge in [-0.05, 0) is 37.0 Å². The molecular weight excluding hydrogens is 280 g/mol. The van der Waals surface area contributed by atoms with Gasteiger partial charge in [-0.3, -0.25) is 4.79 Å². The molecule has 0 saturated heterocycles. The minimum Gasteiger partial charge on any atom is -0.492 e. The molecule has 1 aromatic rings. The monoisotopic (exact) mass is 296 g/mol. The first-order valence-electron chi connectivity index (χ1n) is 6.52. The lowest BCUT2D eigenvalue weighted by molar-refractivity contribution is -0.122. The minimum atomic E-state index is -3.78. The van der Waals surface area contributed by atoms with E-state index in [1.54, 1.807) is 6.07 Å². The summed E-state index contributed by atoms with van der Waals surface area (Å²) in [5, 5.41) is 8.00. The zero-order valence-corrected chi connectivity index (χ0v) is 11.7. The molecule has 20 heavy (non-hydrogen) atoms. The van der Waals surface area contributed by atoms with Gasteiger partial charge in [0.05, 0.1) is 4.90 Å². The van der Waals surface area contributed by atoms with Gasteiger partial charge < -0.3 is 10.1 Å². The number of amides is 1. The first-order valence-corrected chi connectivity index (χ1v) is 8.07. The summed E-state index contributed by atoms with van der Waals surface area (Å²) in [6.45, 7) is 0.916. The van der Waals surface area contributed by atoms with Crippen molar-refractivity contribution in [3.8, 4) is 5.75 Å². The molecule has 1 saturated carbocycles. The van der Waals surface area contributed by atoms with Gasteiger partial charge in [-0.15, -0.1) is 0 Å². The quantitative estimate of drug-likeness (QED) is 0.836. The number of nitrogens with two attached hydrogens (primary N) is 1. The summed E-state index contributed by atoms with van der Waals surface area (Å²) in [6.07, 6.45) is 2.32. The molecule has 7 heteroatoms. The molecule has 3 N–H and O–H groups in total. The fourth-order valence-electron chi connectivity index (χ4n) is 2.28. The Morgan fingerprint density at radius 2 is 2.15 bits per heavy atom. The van der Waals surface area contributed by atoms with E-state index in [9.17, 15) is 13.2 Å². The summed E-state index contributed by atoms with van der Waals surface area (Å²) in [5.74, 6) is 0.549. The third kappa shape index (κ3) is 2.64. The molecule has 1 heterocycles. The second kappa shape index (κ2) is 4.75. The fourth-order valence-corrected chi connectivity index (χ4v) is 2.83. The Labute approximate surface area is 117 Å². The molecule has 1 aromatic carbocycles. The van der Waals surface area contributed by atoms with Crippen LogP contribution in [0.15, 0.2) is 23.1 Å². The van der Waals surface area contributed by atoms with Gasteiger partial charge in [-0.2, -0.15) is 0 Å². The summed E-state index contributed by atoms with van der Waals surface area (Å²) < 4.78 is 28.2. The maximum atomic E-state index is 12.1. The molecule has 1 fully saturated rings. The zero-order valence-electron chi connectivity index (χ0n) is 10.8. The predicted octanol–water partition coefficient (Wildman–Crippen LogP) is 0.336. The highest BCUT2D eigenvalue weighted by molar-refractivity contribution is 7.89. The minimum absolute atomic E-state index is 0.00161. The van der Waals surface area contributed by atoms with Crippen molar-refractivity contribution >= 4 is 15.9 Å². The predicted molar refractivity (Wildman–Crippen MR) is 71.8 cm³/mol. The number of sulfonamides is 1. The Bertz CT molecular complexity index is 652. The van der Waals surface area contributed by atoms with E-state index < -0.39 is 15.9 Å². The molecule has 0 aromatic heterocycles. The summed E-state index contributed by atoms with van der Waals surface area (Å²) >= 11 is 0. The summed E-state index contributed by atoms with van der Waals surface area (Å²) in [7, 11) is -3.78. The van der Waals surface area contributed by atoms with Crippen LogP contribution in [0.5, 0.6) is 5.75 Å². The number of ether oxygens (including phenoxy) is 1. The number of primary sulfonamides is 1. The van der Waals surface area contributed by atoms with Crippen molar-refractivity contribution in [2.24, 2.45) is 11.1 Å². The van der Waals surface area contributed by atoms with E-state index in [4.69, 9.17) is 9.88 Å². The van der Waals surface area contributed by atoms with Crippen molar-refractivity contribution in [3.05, 3.63) is 23.8 Å². The lowest BCUT2D eigenvalue weighted by Crippen LogP contribution is -2.31. The van der Waals surface area contributed by atoms with E-state index in [1.807, 2.05) is 0 Å². The van der Waals surface area contributed by atoms with E-state index in [1.165, 1.54) is 12.1 Å². The van der Waals surface area contributed by atoms with Gasteiger partial charge in [0.25, 0.3) is 0 Å². The highest BCUT2D eigenvalue weighted by atomic mass is 32.2. The van der Waals surface area contributed by atoms with Crippen LogP contribution in [0.1, 0.15) is 24.3 Å². The average molecular weight is 296 g/mol. The van der Waals surface area contributed by atoms with Gasteiger partial charge in [0.15, 0.2) is 0 Å². The molecule has 108 valence electrons. The van der Waals surface area contributed by atoms with Crippen LogP contribution in [0.25, 0.3) is 0 Å². The number of carbonyl (C=O) groups is 1. The fraction of sp³-hybridized carbons (Fsp3) is 0.462. The van der Waals surface area contributed by atoms with Crippen LogP contribution < -0.4 is 15.2 Å². The first-order chi connectivity index (χ1) is 9.45. The van der Waals surface area contributed by atoms with Crippen LogP contribution in [-0.4, -0.2) is 27.5 Å². The van der Waals surface area contributed by atoms with E-state index >= 15 is 0 Å². The first kappa shape index (κ1) is 13.4. The van der Waals surface area contributed by atoms with Crippen LogP contribution in [0.4, 0.5) is 0 Å².